The maximum Gasteiger partial charge on any atom is 0.233 e. The van der Waals surface area contributed by atoms with E-state index < -0.39 is 0 Å². The fourth-order valence-corrected chi connectivity index (χ4v) is 3.58. The van der Waals surface area contributed by atoms with E-state index in [0.717, 1.165) is 23.2 Å². The summed E-state index contributed by atoms with van der Waals surface area (Å²) in [5.74, 6) is 2.06. The lowest BCUT2D eigenvalue weighted by Gasteiger charge is -2.19. The summed E-state index contributed by atoms with van der Waals surface area (Å²) >= 11 is 0. The molecule has 8 heteroatoms. The van der Waals surface area contributed by atoms with Gasteiger partial charge in [-0.05, 0) is 30.5 Å². The fraction of sp³-hybridized carbons (Fsp3) is 0.200. The standard InChI is InChI=1S/C25H28N8/c1-17(13-18-7-6-8-19(14-18)16-26)29-24-28-12-11-23(32-24)33(2)25-30-21(15-22(27)31-25)20-9-4-3-5-10-20/h3-12,14-15,17H,13,16,26H2,1-2H3,(H2,27,30,31)(H,28,29,32)/t17-/m0/s1. The van der Waals surface area contributed by atoms with E-state index in [9.17, 15) is 0 Å². The molecule has 0 spiro atoms. The maximum atomic E-state index is 6.07. The molecule has 2 aromatic carbocycles. The van der Waals surface area contributed by atoms with Gasteiger partial charge in [-0.25, -0.2) is 9.97 Å². The molecule has 0 saturated carbocycles. The molecule has 5 N–H and O–H groups in total. The molecular weight excluding hydrogens is 412 g/mol. The SMILES string of the molecule is C[C@@H](Cc1cccc(CN)c1)Nc1nccc(N(C)c2nc(N)cc(-c3ccccc3)n2)n1. The molecule has 33 heavy (non-hydrogen) atoms. The molecule has 0 saturated heterocycles. The number of hydrogen-bond acceptors (Lipinski definition) is 8. The Morgan fingerprint density at radius 1 is 0.939 bits per heavy atom. The van der Waals surface area contributed by atoms with E-state index in [1.807, 2.05) is 55.6 Å². The zero-order valence-corrected chi connectivity index (χ0v) is 18.8. The first-order chi connectivity index (χ1) is 16.0. The molecule has 4 rings (SSSR count). The van der Waals surface area contributed by atoms with Crippen molar-refractivity contribution in [2.75, 3.05) is 23.0 Å². The molecule has 2 heterocycles. The van der Waals surface area contributed by atoms with Crippen molar-refractivity contribution in [2.24, 2.45) is 5.73 Å². The van der Waals surface area contributed by atoms with Crippen LogP contribution in [0, 0.1) is 0 Å². The van der Waals surface area contributed by atoms with Crippen LogP contribution in [0.2, 0.25) is 0 Å². The summed E-state index contributed by atoms with van der Waals surface area (Å²) in [6.07, 6.45) is 2.55. The quantitative estimate of drug-likeness (QED) is 0.379. The van der Waals surface area contributed by atoms with Gasteiger partial charge < -0.3 is 16.8 Å². The Morgan fingerprint density at radius 3 is 2.52 bits per heavy atom. The fourth-order valence-electron chi connectivity index (χ4n) is 3.58. The number of nitrogens with two attached hydrogens (primary N) is 2. The van der Waals surface area contributed by atoms with Crippen LogP contribution in [0.4, 0.5) is 23.5 Å². The van der Waals surface area contributed by atoms with Crippen molar-refractivity contribution in [1.82, 2.24) is 19.9 Å². The van der Waals surface area contributed by atoms with E-state index in [1.54, 1.807) is 17.2 Å². The van der Waals surface area contributed by atoms with Crippen molar-refractivity contribution in [1.29, 1.82) is 0 Å². The van der Waals surface area contributed by atoms with Crippen LogP contribution in [0.25, 0.3) is 11.3 Å². The zero-order chi connectivity index (χ0) is 23.2. The lowest BCUT2D eigenvalue weighted by atomic mass is 10.0. The highest BCUT2D eigenvalue weighted by Crippen LogP contribution is 2.24. The predicted molar refractivity (Wildman–Crippen MR) is 133 cm³/mol. The third-order valence-corrected chi connectivity index (χ3v) is 5.23. The average Bonchev–Trinajstić information content (AvgIpc) is 2.84. The second kappa shape index (κ2) is 10.1. The van der Waals surface area contributed by atoms with Crippen LogP contribution in [-0.2, 0) is 13.0 Å². The Labute approximate surface area is 193 Å². The number of hydrogen-bond donors (Lipinski definition) is 3. The first-order valence-electron chi connectivity index (χ1n) is 10.8. The summed E-state index contributed by atoms with van der Waals surface area (Å²) in [7, 11) is 1.86. The van der Waals surface area contributed by atoms with Gasteiger partial charge in [0.1, 0.15) is 11.6 Å². The van der Waals surface area contributed by atoms with Gasteiger partial charge in [0.05, 0.1) is 5.69 Å². The van der Waals surface area contributed by atoms with E-state index in [1.165, 1.54) is 5.56 Å². The minimum absolute atomic E-state index is 0.131. The number of benzene rings is 2. The highest BCUT2D eigenvalue weighted by atomic mass is 15.3. The minimum atomic E-state index is 0.131. The van der Waals surface area contributed by atoms with E-state index in [0.29, 0.717) is 30.1 Å². The number of aromatic nitrogens is 4. The van der Waals surface area contributed by atoms with Crippen molar-refractivity contribution in [2.45, 2.75) is 25.9 Å². The van der Waals surface area contributed by atoms with E-state index >= 15 is 0 Å². The van der Waals surface area contributed by atoms with Crippen molar-refractivity contribution in [3.63, 3.8) is 0 Å². The lowest BCUT2D eigenvalue weighted by Crippen LogP contribution is -2.21. The molecule has 0 aliphatic rings. The summed E-state index contributed by atoms with van der Waals surface area (Å²) in [5.41, 5.74) is 15.9. The van der Waals surface area contributed by atoms with E-state index in [2.05, 4.69) is 44.3 Å². The van der Waals surface area contributed by atoms with Gasteiger partial charge in [0, 0.05) is 37.5 Å². The molecule has 168 valence electrons. The molecule has 1 atom stereocenters. The van der Waals surface area contributed by atoms with Gasteiger partial charge in [0.15, 0.2) is 0 Å². The maximum absolute atomic E-state index is 6.07. The molecule has 0 unspecified atom stereocenters. The Bertz CT molecular complexity index is 1210. The normalized spacial score (nSPS) is 11.7. The number of anilines is 4. The Balaban J connectivity index is 1.51. The first-order valence-corrected chi connectivity index (χ1v) is 10.8. The monoisotopic (exact) mass is 440 g/mol. The van der Waals surface area contributed by atoms with Gasteiger partial charge in [-0.2, -0.15) is 9.97 Å². The van der Waals surface area contributed by atoms with Crippen LogP contribution in [0.5, 0.6) is 0 Å². The molecular formula is C25H28N8. The van der Waals surface area contributed by atoms with Gasteiger partial charge in [-0.15, -0.1) is 0 Å². The molecule has 0 amide bonds. The predicted octanol–water partition coefficient (Wildman–Crippen LogP) is 3.79. The highest BCUT2D eigenvalue weighted by molar-refractivity contribution is 5.65. The number of nitrogens with zero attached hydrogens (tertiary/aromatic N) is 5. The molecule has 0 aliphatic carbocycles. The zero-order valence-electron chi connectivity index (χ0n) is 18.8. The average molecular weight is 441 g/mol. The molecule has 2 aromatic heterocycles. The summed E-state index contributed by atoms with van der Waals surface area (Å²) in [4.78, 5) is 19.9. The van der Waals surface area contributed by atoms with Gasteiger partial charge in [-0.1, -0.05) is 54.6 Å². The van der Waals surface area contributed by atoms with Crippen LogP contribution < -0.4 is 21.7 Å². The Morgan fingerprint density at radius 2 is 1.73 bits per heavy atom. The molecule has 0 fully saturated rings. The van der Waals surface area contributed by atoms with Crippen molar-refractivity contribution >= 4 is 23.5 Å². The third kappa shape index (κ3) is 5.61. The highest BCUT2D eigenvalue weighted by Gasteiger charge is 2.14. The molecule has 0 aliphatic heterocycles. The Hall–Kier alpha value is -4.04. The topological polar surface area (TPSA) is 119 Å². The van der Waals surface area contributed by atoms with Crippen LogP contribution in [-0.4, -0.2) is 33.0 Å². The van der Waals surface area contributed by atoms with Gasteiger partial charge in [0.25, 0.3) is 0 Å². The molecule has 0 bridgehead atoms. The van der Waals surface area contributed by atoms with Crippen molar-refractivity contribution in [3.8, 4) is 11.3 Å². The van der Waals surface area contributed by atoms with Crippen LogP contribution >= 0.6 is 0 Å². The molecule has 8 nitrogen and oxygen atoms in total. The second-order valence-electron chi connectivity index (χ2n) is 7.92. The van der Waals surface area contributed by atoms with Gasteiger partial charge in [0.2, 0.25) is 11.9 Å². The molecule has 4 aromatic rings. The lowest BCUT2D eigenvalue weighted by molar-refractivity contribution is 0.775. The minimum Gasteiger partial charge on any atom is -0.384 e. The van der Waals surface area contributed by atoms with Crippen LogP contribution in [0.15, 0.2) is 72.9 Å². The van der Waals surface area contributed by atoms with Crippen molar-refractivity contribution in [3.05, 3.63) is 84.1 Å². The summed E-state index contributed by atoms with van der Waals surface area (Å²) in [6.45, 7) is 2.63. The van der Waals surface area contributed by atoms with Crippen LogP contribution in [0.3, 0.4) is 0 Å². The molecule has 0 radical (unpaired) electrons. The largest absolute Gasteiger partial charge is 0.384 e. The van der Waals surface area contributed by atoms with Crippen LogP contribution in [0.1, 0.15) is 18.1 Å². The first kappa shape index (κ1) is 22.2. The van der Waals surface area contributed by atoms with Gasteiger partial charge >= 0.3 is 0 Å². The summed E-state index contributed by atoms with van der Waals surface area (Å²) in [5, 5.41) is 3.38. The number of nitrogens with one attached hydrogen (secondary N) is 1. The number of rotatable bonds is 8. The second-order valence-corrected chi connectivity index (χ2v) is 7.92. The summed E-state index contributed by atoms with van der Waals surface area (Å²) in [6, 6.07) is 21.9. The Kier molecular flexibility index (Phi) is 6.75. The summed E-state index contributed by atoms with van der Waals surface area (Å²) < 4.78 is 0. The van der Waals surface area contributed by atoms with Crippen molar-refractivity contribution < 1.29 is 0 Å². The van der Waals surface area contributed by atoms with E-state index in [4.69, 9.17) is 11.5 Å². The van der Waals surface area contributed by atoms with E-state index in [-0.39, 0.29) is 6.04 Å². The van der Waals surface area contributed by atoms with Gasteiger partial charge in [-0.3, -0.25) is 4.90 Å². The third-order valence-electron chi connectivity index (χ3n) is 5.23. The number of nitrogen functional groups attached to an aromatic ring is 1. The smallest absolute Gasteiger partial charge is 0.233 e.